The summed E-state index contributed by atoms with van der Waals surface area (Å²) in [5, 5.41) is 9.63. The Balaban J connectivity index is 3.35. The SMILES string of the molecule is CCCCCC[C@@H](O)CC(=O)SCC. The molecule has 0 aromatic carbocycles. The highest BCUT2D eigenvalue weighted by Gasteiger charge is 2.09. The van der Waals surface area contributed by atoms with Crippen LogP contribution < -0.4 is 0 Å². The van der Waals surface area contributed by atoms with Gasteiger partial charge in [-0.25, -0.2) is 0 Å². The fourth-order valence-corrected chi connectivity index (χ4v) is 1.95. The van der Waals surface area contributed by atoms with E-state index in [1.807, 2.05) is 6.92 Å². The standard InChI is InChI=1S/C11H22O2S/c1-3-5-6-7-8-10(12)9-11(13)14-4-2/h10,12H,3-9H2,1-2H3/t10-/m1/s1. The fraction of sp³-hybridized carbons (Fsp3) is 0.909. The average Bonchev–Trinajstić information content (AvgIpc) is 2.13. The van der Waals surface area contributed by atoms with Crippen LogP contribution in [0.15, 0.2) is 0 Å². The third kappa shape index (κ3) is 8.57. The molecule has 84 valence electrons. The number of aliphatic hydroxyl groups is 1. The van der Waals surface area contributed by atoms with Gasteiger partial charge in [0.05, 0.1) is 6.10 Å². The lowest BCUT2D eigenvalue weighted by Crippen LogP contribution is -2.11. The van der Waals surface area contributed by atoms with Crippen molar-refractivity contribution in [3.8, 4) is 0 Å². The summed E-state index contributed by atoms with van der Waals surface area (Å²) in [6.45, 7) is 4.12. The molecule has 14 heavy (non-hydrogen) atoms. The third-order valence-electron chi connectivity index (χ3n) is 2.10. The first-order chi connectivity index (χ1) is 6.70. The molecule has 0 fully saturated rings. The van der Waals surface area contributed by atoms with E-state index in [0.29, 0.717) is 6.42 Å². The van der Waals surface area contributed by atoms with Crippen LogP contribution in [0.4, 0.5) is 0 Å². The molecular formula is C11H22O2S. The van der Waals surface area contributed by atoms with Crippen molar-refractivity contribution < 1.29 is 9.90 Å². The summed E-state index contributed by atoms with van der Waals surface area (Å²) in [5.41, 5.74) is 0. The zero-order chi connectivity index (χ0) is 10.8. The maximum Gasteiger partial charge on any atom is 0.191 e. The first-order valence-corrected chi connectivity index (χ1v) is 6.52. The second-order valence-electron chi connectivity index (χ2n) is 3.51. The van der Waals surface area contributed by atoms with Crippen LogP contribution >= 0.6 is 11.8 Å². The average molecular weight is 218 g/mol. The van der Waals surface area contributed by atoms with E-state index >= 15 is 0 Å². The molecule has 0 heterocycles. The molecule has 0 amide bonds. The van der Waals surface area contributed by atoms with Crippen molar-refractivity contribution in [2.45, 2.75) is 58.5 Å². The van der Waals surface area contributed by atoms with Gasteiger partial charge in [0.15, 0.2) is 5.12 Å². The van der Waals surface area contributed by atoms with Crippen molar-refractivity contribution in [1.82, 2.24) is 0 Å². The molecule has 0 aliphatic rings. The summed E-state index contributed by atoms with van der Waals surface area (Å²) >= 11 is 1.30. The molecule has 1 N–H and O–H groups in total. The molecule has 0 aromatic heterocycles. The summed E-state index contributed by atoms with van der Waals surface area (Å²) < 4.78 is 0. The maximum absolute atomic E-state index is 11.1. The Morgan fingerprint density at radius 2 is 2.00 bits per heavy atom. The minimum atomic E-state index is -0.418. The molecule has 0 spiro atoms. The topological polar surface area (TPSA) is 37.3 Å². The number of rotatable bonds is 8. The molecule has 0 saturated carbocycles. The van der Waals surface area contributed by atoms with E-state index in [4.69, 9.17) is 0 Å². The van der Waals surface area contributed by atoms with Crippen molar-refractivity contribution in [2.75, 3.05) is 5.75 Å². The van der Waals surface area contributed by atoms with Gasteiger partial charge in [0, 0.05) is 6.42 Å². The smallest absolute Gasteiger partial charge is 0.191 e. The summed E-state index contributed by atoms with van der Waals surface area (Å²) in [4.78, 5) is 11.1. The Kier molecular flexibility index (Phi) is 9.52. The van der Waals surface area contributed by atoms with Crippen molar-refractivity contribution in [3.63, 3.8) is 0 Å². The van der Waals surface area contributed by atoms with Gasteiger partial charge in [-0.2, -0.15) is 0 Å². The number of carbonyl (C=O) groups is 1. The van der Waals surface area contributed by atoms with Crippen molar-refractivity contribution in [2.24, 2.45) is 0 Å². The van der Waals surface area contributed by atoms with Gasteiger partial charge in [0.1, 0.15) is 0 Å². The highest BCUT2D eigenvalue weighted by Crippen LogP contribution is 2.12. The highest BCUT2D eigenvalue weighted by molar-refractivity contribution is 8.13. The summed E-state index contributed by atoms with van der Waals surface area (Å²) in [6, 6.07) is 0. The van der Waals surface area contributed by atoms with Gasteiger partial charge in [-0.1, -0.05) is 51.3 Å². The van der Waals surface area contributed by atoms with Crippen molar-refractivity contribution in [1.29, 1.82) is 0 Å². The molecule has 1 atom stereocenters. The lowest BCUT2D eigenvalue weighted by molar-refractivity contribution is -0.112. The zero-order valence-corrected chi connectivity index (χ0v) is 10.1. The molecule has 0 radical (unpaired) electrons. The summed E-state index contributed by atoms with van der Waals surface area (Å²) in [6.07, 6.45) is 5.33. The molecule has 0 saturated heterocycles. The van der Waals surface area contributed by atoms with Crippen molar-refractivity contribution in [3.05, 3.63) is 0 Å². The molecule has 0 bridgehead atoms. The number of thioether (sulfide) groups is 1. The maximum atomic E-state index is 11.1. The number of carbonyl (C=O) groups excluding carboxylic acids is 1. The van der Waals surface area contributed by atoms with Crippen LogP contribution in [0.1, 0.15) is 52.4 Å². The minimum Gasteiger partial charge on any atom is -0.393 e. The van der Waals surface area contributed by atoms with Crippen LogP contribution in [-0.4, -0.2) is 22.1 Å². The zero-order valence-electron chi connectivity index (χ0n) is 9.29. The molecule has 2 nitrogen and oxygen atoms in total. The minimum absolute atomic E-state index is 0.121. The van der Waals surface area contributed by atoms with Crippen LogP contribution in [-0.2, 0) is 4.79 Å². The Labute approximate surface area is 91.5 Å². The molecule has 0 aliphatic carbocycles. The lowest BCUT2D eigenvalue weighted by Gasteiger charge is -2.08. The third-order valence-corrected chi connectivity index (χ3v) is 2.88. The van der Waals surface area contributed by atoms with E-state index in [1.165, 1.54) is 31.0 Å². The number of aliphatic hydroxyl groups excluding tert-OH is 1. The monoisotopic (exact) mass is 218 g/mol. The molecule has 3 heteroatoms. The Hall–Kier alpha value is -0.0200. The van der Waals surface area contributed by atoms with Gasteiger partial charge in [-0.3, -0.25) is 4.79 Å². The summed E-state index contributed by atoms with van der Waals surface area (Å²) in [5.74, 6) is 0.807. The van der Waals surface area contributed by atoms with Gasteiger partial charge in [0.25, 0.3) is 0 Å². The lowest BCUT2D eigenvalue weighted by atomic mass is 10.1. The number of unbranched alkanes of at least 4 members (excludes halogenated alkanes) is 3. The molecular weight excluding hydrogens is 196 g/mol. The predicted octanol–water partition coefficient (Wildman–Crippen LogP) is 2.99. The van der Waals surface area contributed by atoms with Crippen LogP contribution in [0.2, 0.25) is 0 Å². The van der Waals surface area contributed by atoms with E-state index < -0.39 is 6.10 Å². The van der Waals surface area contributed by atoms with Crippen LogP contribution in [0.3, 0.4) is 0 Å². The van der Waals surface area contributed by atoms with Gasteiger partial charge >= 0.3 is 0 Å². The normalized spacial score (nSPS) is 12.8. The first kappa shape index (κ1) is 14.0. The van der Waals surface area contributed by atoms with Gasteiger partial charge in [0.2, 0.25) is 0 Å². The van der Waals surface area contributed by atoms with E-state index in [1.54, 1.807) is 0 Å². The molecule has 0 aromatic rings. The quantitative estimate of drug-likeness (QED) is 0.636. The number of hydrogen-bond donors (Lipinski definition) is 1. The predicted molar refractivity (Wildman–Crippen MR) is 62.5 cm³/mol. The molecule has 0 aliphatic heterocycles. The Bertz CT molecular complexity index is 148. The van der Waals surface area contributed by atoms with E-state index in [9.17, 15) is 9.90 Å². The summed E-state index contributed by atoms with van der Waals surface area (Å²) in [7, 11) is 0. The second kappa shape index (κ2) is 9.53. The van der Waals surface area contributed by atoms with Crippen molar-refractivity contribution >= 4 is 16.9 Å². The van der Waals surface area contributed by atoms with Gasteiger partial charge < -0.3 is 5.11 Å². The second-order valence-corrected chi connectivity index (χ2v) is 4.83. The molecule has 0 unspecified atom stereocenters. The van der Waals surface area contributed by atoms with Gasteiger partial charge in [-0.05, 0) is 12.2 Å². The number of hydrogen-bond acceptors (Lipinski definition) is 3. The Morgan fingerprint density at radius 3 is 2.57 bits per heavy atom. The van der Waals surface area contributed by atoms with E-state index in [0.717, 1.165) is 18.6 Å². The highest BCUT2D eigenvalue weighted by atomic mass is 32.2. The van der Waals surface area contributed by atoms with E-state index in [2.05, 4.69) is 6.92 Å². The van der Waals surface area contributed by atoms with Gasteiger partial charge in [-0.15, -0.1) is 0 Å². The molecule has 0 rings (SSSR count). The Morgan fingerprint density at radius 1 is 1.29 bits per heavy atom. The largest absolute Gasteiger partial charge is 0.393 e. The van der Waals surface area contributed by atoms with Crippen LogP contribution in [0.25, 0.3) is 0 Å². The van der Waals surface area contributed by atoms with Crippen LogP contribution in [0, 0.1) is 0 Å². The first-order valence-electron chi connectivity index (χ1n) is 5.54. The fourth-order valence-electron chi connectivity index (χ4n) is 1.32. The van der Waals surface area contributed by atoms with E-state index in [-0.39, 0.29) is 5.12 Å². The van der Waals surface area contributed by atoms with Crippen LogP contribution in [0.5, 0.6) is 0 Å².